The number of amides is 4. The van der Waals surface area contributed by atoms with Gasteiger partial charge in [0.2, 0.25) is 23.6 Å². The minimum atomic E-state index is -1.03. The summed E-state index contributed by atoms with van der Waals surface area (Å²) in [5.74, 6) is -1.44. The number of hydrogen-bond donors (Lipinski definition) is 5. The number of carbonyl (C=O) groups excluding carboxylic acids is 4. The van der Waals surface area contributed by atoms with Crippen molar-refractivity contribution >= 4 is 34.5 Å². The summed E-state index contributed by atoms with van der Waals surface area (Å²) in [5.41, 5.74) is 8.86. The fourth-order valence-corrected chi connectivity index (χ4v) is 5.14. The number of rotatable bonds is 6. The Morgan fingerprint density at radius 2 is 1.77 bits per heavy atom. The molecule has 0 unspecified atom stereocenters. The van der Waals surface area contributed by atoms with Gasteiger partial charge < -0.3 is 41.0 Å². The van der Waals surface area contributed by atoms with Gasteiger partial charge in [0, 0.05) is 37.2 Å². The number of nitrogens with two attached hydrogens (primary N) is 1. The molecule has 0 fully saturated rings. The molecule has 236 valence electrons. The van der Waals surface area contributed by atoms with Gasteiger partial charge in [-0.1, -0.05) is 44.2 Å². The van der Waals surface area contributed by atoms with Crippen molar-refractivity contribution in [3.63, 3.8) is 0 Å². The lowest BCUT2D eigenvalue weighted by Gasteiger charge is -2.29. The highest BCUT2D eigenvalue weighted by molar-refractivity contribution is 5.94. The summed E-state index contributed by atoms with van der Waals surface area (Å²) in [6.07, 6.45) is 2.21. The van der Waals surface area contributed by atoms with Gasteiger partial charge >= 0.3 is 0 Å². The maximum atomic E-state index is 14.1. The van der Waals surface area contributed by atoms with Gasteiger partial charge in [-0.15, -0.1) is 0 Å². The van der Waals surface area contributed by atoms with Crippen LogP contribution in [0.25, 0.3) is 10.9 Å². The molecule has 6 N–H and O–H groups in total. The molecule has 2 aliphatic rings. The fourth-order valence-electron chi connectivity index (χ4n) is 5.14. The molecular weight excluding hydrogens is 564 g/mol. The van der Waals surface area contributed by atoms with Crippen molar-refractivity contribution in [2.45, 2.75) is 44.8 Å². The predicted octanol–water partition coefficient (Wildman–Crippen LogP) is 0.890. The number of nitrogens with one attached hydrogen (secondary N) is 4. The van der Waals surface area contributed by atoms with Crippen molar-refractivity contribution in [1.82, 2.24) is 25.8 Å². The van der Waals surface area contributed by atoms with Gasteiger partial charge in [-0.05, 0) is 41.7 Å². The Kier molecular flexibility index (Phi) is 11.3. The highest BCUT2D eigenvalue weighted by Gasteiger charge is 2.31. The Bertz CT molecular complexity index is 1440. The highest BCUT2D eigenvalue weighted by Crippen LogP contribution is 2.20. The van der Waals surface area contributed by atoms with E-state index in [1.54, 1.807) is 12.1 Å². The SMILES string of the molecule is COCCN1CC(=O)N[C@@H](C(C)C)C(=O)NCCOc2ccc(cc2)C[C@H](N)C(=O)N[C@@H](Cc2c[nH]c3ccccc23)C1=O. The van der Waals surface area contributed by atoms with Gasteiger partial charge in [-0.3, -0.25) is 19.2 Å². The number of H-pyrrole nitrogens is 1. The van der Waals surface area contributed by atoms with Crippen LogP contribution in [0.1, 0.15) is 25.0 Å². The van der Waals surface area contributed by atoms with E-state index in [1.807, 2.05) is 56.4 Å². The van der Waals surface area contributed by atoms with Crippen LogP contribution in [-0.2, 0) is 36.8 Å². The molecule has 44 heavy (non-hydrogen) atoms. The number of methoxy groups -OCH3 is 1. The molecule has 2 aromatic carbocycles. The van der Waals surface area contributed by atoms with E-state index >= 15 is 0 Å². The lowest BCUT2D eigenvalue weighted by molar-refractivity contribution is -0.140. The second-order valence-corrected chi connectivity index (χ2v) is 11.3. The second kappa shape index (κ2) is 15.3. The molecule has 12 heteroatoms. The molecule has 3 atom stereocenters. The van der Waals surface area contributed by atoms with Crippen LogP contribution < -0.4 is 26.4 Å². The Morgan fingerprint density at radius 1 is 1.02 bits per heavy atom. The van der Waals surface area contributed by atoms with Crippen LogP contribution in [0.3, 0.4) is 0 Å². The van der Waals surface area contributed by atoms with Gasteiger partial charge in [0.25, 0.3) is 0 Å². The van der Waals surface area contributed by atoms with E-state index in [0.717, 1.165) is 22.0 Å². The number of benzene rings is 2. The van der Waals surface area contributed by atoms with Gasteiger partial charge in [-0.25, -0.2) is 0 Å². The number of fused-ring (bicyclic) bond motifs is 18. The van der Waals surface area contributed by atoms with Gasteiger partial charge in [0.15, 0.2) is 0 Å². The number of hydrogen-bond acceptors (Lipinski definition) is 7. The quantitative estimate of drug-likeness (QED) is 0.260. The van der Waals surface area contributed by atoms with Gasteiger partial charge in [0.05, 0.1) is 25.7 Å². The van der Waals surface area contributed by atoms with Crippen molar-refractivity contribution in [3.8, 4) is 5.75 Å². The Balaban J connectivity index is 1.66. The Hall–Kier alpha value is -4.42. The molecule has 12 nitrogen and oxygen atoms in total. The summed E-state index contributed by atoms with van der Waals surface area (Å²) >= 11 is 0. The summed E-state index contributed by atoms with van der Waals surface area (Å²) in [5, 5.41) is 9.36. The first kappa shape index (κ1) is 32.5. The van der Waals surface area contributed by atoms with Gasteiger partial charge in [-0.2, -0.15) is 0 Å². The third-order valence-electron chi connectivity index (χ3n) is 7.58. The van der Waals surface area contributed by atoms with E-state index in [2.05, 4.69) is 20.9 Å². The average molecular weight is 607 g/mol. The molecule has 2 aliphatic heterocycles. The van der Waals surface area contributed by atoms with E-state index in [9.17, 15) is 19.2 Å². The molecule has 0 saturated heterocycles. The molecule has 1 aromatic heterocycles. The molecule has 5 rings (SSSR count). The largest absolute Gasteiger partial charge is 0.492 e. The number of nitrogens with zero attached hydrogens (tertiary/aromatic N) is 1. The number of carbonyl (C=O) groups is 4. The van der Waals surface area contributed by atoms with Crippen molar-refractivity contribution < 1.29 is 28.7 Å². The smallest absolute Gasteiger partial charge is 0.246 e. The summed E-state index contributed by atoms with van der Waals surface area (Å²) in [7, 11) is 1.50. The lowest BCUT2D eigenvalue weighted by Crippen LogP contribution is -2.57. The first-order valence-corrected chi connectivity index (χ1v) is 14.8. The van der Waals surface area contributed by atoms with Crippen molar-refractivity contribution in [2.24, 2.45) is 11.7 Å². The van der Waals surface area contributed by atoms with E-state index in [-0.39, 0.29) is 57.5 Å². The summed E-state index contributed by atoms with van der Waals surface area (Å²) in [6.45, 7) is 4.03. The lowest BCUT2D eigenvalue weighted by atomic mass is 10.0. The molecule has 0 radical (unpaired) electrons. The molecule has 3 heterocycles. The zero-order valence-electron chi connectivity index (χ0n) is 25.4. The zero-order chi connectivity index (χ0) is 31.6. The van der Waals surface area contributed by atoms with Crippen molar-refractivity contribution in [2.75, 3.05) is 40.0 Å². The first-order valence-electron chi connectivity index (χ1n) is 14.8. The zero-order valence-corrected chi connectivity index (χ0v) is 25.4. The van der Waals surface area contributed by atoms with Crippen LogP contribution >= 0.6 is 0 Å². The van der Waals surface area contributed by atoms with Crippen molar-refractivity contribution in [1.29, 1.82) is 0 Å². The van der Waals surface area contributed by atoms with E-state index in [4.69, 9.17) is 15.2 Å². The van der Waals surface area contributed by atoms with Crippen LogP contribution in [0.4, 0.5) is 0 Å². The maximum Gasteiger partial charge on any atom is 0.246 e. The van der Waals surface area contributed by atoms with Crippen LogP contribution in [0.5, 0.6) is 5.75 Å². The van der Waals surface area contributed by atoms with E-state index in [0.29, 0.717) is 5.75 Å². The first-order chi connectivity index (χ1) is 21.2. The second-order valence-electron chi connectivity index (χ2n) is 11.3. The molecule has 3 aromatic rings. The Morgan fingerprint density at radius 3 is 2.50 bits per heavy atom. The van der Waals surface area contributed by atoms with E-state index < -0.39 is 35.8 Å². The fraction of sp³-hybridized carbons (Fsp3) is 0.438. The summed E-state index contributed by atoms with van der Waals surface area (Å²) < 4.78 is 11.0. The summed E-state index contributed by atoms with van der Waals surface area (Å²) in [4.78, 5) is 58.3. The molecular formula is C32H42N6O6. The highest BCUT2D eigenvalue weighted by atomic mass is 16.5. The number of para-hydroxylation sites is 1. The minimum absolute atomic E-state index is 0.0945. The standard InChI is InChI=1S/C32H42N6O6/c1-20(2)29-31(41)34-12-14-44-23-10-8-21(9-11-23)16-25(33)30(40)36-27(17-22-18-35-26-7-5-4-6-24(22)26)32(42)38(13-15-43-3)19-28(39)37-29/h4-11,18,20,25,27,29,35H,12-17,19,33H2,1-3H3,(H,34,41)(H,36,40)(H,37,39)/t25-,27-,29-/m0/s1. The third kappa shape index (κ3) is 8.57. The van der Waals surface area contributed by atoms with Crippen LogP contribution in [0.2, 0.25) is 0 Å². The molecule has 0 aliphatic carbocycles. The number of aromatic nitrogens is 1. The molecule has 0 saturated carbocycles. The Labute approximate surface area is 257 Å². The molecule has 2 bridgehead atoms. The van der Waals surface area contributed by atoms with Gasteiger partial charge in [0.1, 0.15) is 24.4 Å². The number of aromatic amines is 1. The monoisotopic (exact) mass is 606 g/mol. The maximum absolute atomic E-state index is 14.1. The molecule has 4 amide bonds. The normalized spacial score (nSPS) is 21.1. The number of ether oxygens (including phenoxy) is 2. The third-order valence-corrected chi connectivity index (χ3v) is 7.58. The van der Waals surface area contributed by atoms with E-state index in [1.165, 1.54) is 12.0 Å². The minimum Gasteiger partial charge on any atom is -0.492 e. The van der Waals surface area contributed by atoms with Crippen molar-refractivity contribution in [3.05, 3.63) is 65.9 Å². The van der Waals surface area contributed by atoms with Crippen LogP contribution in [-0.4, -0.2) is 91.6 Å². The van der Waals surface area contributed by atoms with Crippen LogP contribution in [0, 0.1) is 5.92 Å². The average Bonchev–Trinajstić information content (AvgIpc) is 3.42. The predicted molar refractivity (Wildman–Crippen MR) is 166 cm³/mol. The summed E-state index contributed by atoms with van der Waals surface area (Å²) in [6, 6.07) is 12.1. The van der Waals surface area contributed by atoms with Crippen LogP contribution in [0.15, 0.2) is 54.7 Å². The topological polar surface area (TPSA) is 168 Å². The molecule has 0 spiro atoms.